The number of pyridine rings is 1. The SMILES string of the molecule is CC(CCCl)CCSc1nnc2ccccn12. The Bertz CT molecular complexity index is 471. The highest BCUT2D eigenvalue weighted by Crippen LogP contribution is 2.20. The van der Waals surface area contributed by atoms with Crippen LogP contribution in [-0.2, 0) is 0 Å². The fraction of sp³-hybridized carbons (Fsp3) is 0.500. The fourth-order valence-electron chi connectivity index (χ4n) is 1.60. The van der Waals surface area contributed by atoms with E-state index in [0.29, 0.717) is 5.92 Å². The summed E-state index contributed by atoms with van der Waals surface area (Å²) in [6, 6.07) is 5.94. The number of fused-ring (bicyclic) bond motifs is 1. The van der Waals surface area contributed by atoms with Crippen LogP contribution in [0.15, 0.2) is 29.6 Å². The summed E-state index contributed by atoms with van der Waals surface area (Å²) in [5.74, 6) is 2.49. The van der Waals surface area contributed by atoms with Crippen molar-refractivity contribution in [1.82, 2.24) is 14.6 Å². The molecular weight excluding hydrogens is 254 g/mol. The van der Waals surface area contributed by atoms with Gasteiger partial charge < -0.3 is 0 Å². The summed E-state index contributed by atoms with van der Waals surface area (Å²) < 4.78 is 2.02. The predicted octanol–water partition coefficient (Wildman–Crippen LogP) is 3.48. The quantitative estimate of drug-likeness (QED) is 0.594. The van der Waals surface area contributed by atoms with Gasteiger partial charge in [0.2, 0.25) is 0 Å². The van der Waals surface area contributed by atoms with Gasteiger partial charge in [0.1, 0.15) is 0 Å². The van der Waals surface area contributed by atoms with Crippen LogP contribution >= 0.6 is 23.4 Å². The molecule has 2 heterocycles. The third kappa shape index (κ3) is 3.36. The van der Waals surface area contributed by atoms with Gasteiger partial charge in [0.05, 0.1) is 0 Å². The first kappa shape index (κ1) is 12.7. The number of rotatable bonds is 6. The van der Waals surface area contributed by atoms with Crippen LogP contribution < -0.4 is 0 Å². The summed E-state index contributed by atoms with van der Waals surface area (Å²) in [6.45, 7) is 2.24. The molecule has 0 amide bonds. The average Bonchev–Trinajstić information content (AvgIpc) is 2.73. The van der Waals surface area contributed by atoms with Crippen LogP contribution in [0.4, 0.5) is 0 Å². The molecule has 0 aliphatic rings. The molecule has 3 nitrogen and oxygen atoms in total. The molecule has 0 spiro atoms. The van der Waals surface area contributed by atoms with Crippen LogP contribution in [0, 0.1) is 5.92 Å². The fourth-order valence-corrected chi connectivity index (χ4v) is 3.07. The molecule has 0 saturated carbocycles. The van der Waals surface area contributed by atoms with Crippen molar-refractivity contribution in [3.05, 3.63) is 24.4 Å². The molecule has 2 rings (SSSR count). The Morgan fingerprint density at radius 3 is 3.06 bits per heavy atom. The van der Waals surface area contributed by atoms with Crippen LogP contribution in [-0.4, -0.2) is 26.2 Å². The standard InChI is InChI=1S/C12H16ClN3S/c1-10(5-7-13)6-9-17-12-15-14-11-4-2-3-8-16(11)12/h2-4,8,10H,5-7,9H2,1H3. The zero-order valence-electron chi connectivity index (χ0n) is 9.84. The second-order valence-electron chi connectivity index (χ2n) is 4.13. The smallest absolute Gasteiger partial charge is 0.195 e. The Morgan fingerprint density at radius 1 is 1.35 bits per heavy atom. The average molecular weight is 270 g/mol. The number of alkyl halides is 1. The first-order valence-corrected chi connectivity index (χ1v) is 7.32. The second-order valence-corrected chi connectivity index (χ2v) is 5.57. The van der Waals surface area contributed by atoms with E-state index < -0.39 is 0 Å². The Hall–Kier alpha value is -0.740. The molecule has 2 aromatic rings. The maximum absolute atomic E-state index is 5.72. The van der Waals surface area contributed by atoms with Gasteiger partial charge in [-0.15, -0.1) is 21.8 Å². The van der Waals surface area contributed by atoms with E-state index in [2.05, 4.69) is 17.1 Å². The summed E-state index contributed by atoms with van der Waals surface area (Å²) >= 11 is 7.48. The first-order chi connectivity index (χ1) is 8.31. The molecule has 92 valence electrons. The third-order valence-corrected chi connectivity index (χ3v) is 3.92. The summed E-state index contributed by atoms with van der Waals surface area (Å²) in [4.78, 5) is 0. The normalized spacial score (nSPS) is 13.1. The first-order valence-electron chi connectivity index (χ1n) is 5.80. The highest BCUT2D eigenvalue weighted by molar-refractivity contribution is 7.99. The number of hydrogen-bond donors (Lipinski definition) is 0. The third-order valence-electron chi connectivity index (χ3n) is 2.73. The second kappa shape index (κ2) is 6.26. The van der Waals surface area contributed by atoms with Crippen molar-refractivity contribution in [2.24, 2.45) is 5.92 Å². The maximum atomic E-state index is 5.72. The van der Waals surface area contributed by atoms with E-state index in [4.69, 9.17) is 11.6 Å². The summed E-state index contributed by atoms with van der Waals surface area (Å²) in [5, 5.41) is 9.28. The monoisotopic (exact) mass is 269 g/mol. The minimum absolute atomic E-state index is 0.680. The van der Waals surface area contributed by atoms with Gasteiger partial charge in [-0.05, 0) is 30.9 Å². The van der Waals surface area contributed by atoms with E-state index in [1.165, 1.54) is 6.42 Å². The Balaban J connectivity index is 1.91. The molecule has 0 aromatic carbocycles. The van der Waals surface area contributed by atoms with Gasteiger partial charge in [-0.25, -0.2) is 0 Å². The Morgan fingerprint density at radius 2 is 2.24 bits per heavy atom. The van der Waals surface area contributed by atoms with E-state index in [9.17, 15) is 0 Å². The van der Waals surface area contributed by atoms with Crippen molar-refractivity contribution in [1.29, 1.82) is 0 Å². The van der Waals surface area contributed by atoms with Crippen LogP contribution in [0.3, 0.4) is 0 Å². The largest absolute Gasteiger partial charge is 0.277 e. The predicted molar refractivity (Wildman–Crippen MR) is 72.8 cm³/mol. The molecule has 2 aromatic heterocycles. The zero-order valence-corrected chi connectivity index (χ0v) is 11.4. The van der Waals surface area contributed by atoms with Crippen molar-refractivity contribution >= 4 is 29.0 Å². The number of halogens is 1. The Kier molecular flexibility index (Phi) is 4.68. The minimum Gasteiger partial charge on any atom is -0.277 e. The van der Waals surface area contributed by atoms with Crippen LogP contribution in [0.5, 0.6) is 0 Å². The van der Waals surface area contributed by atoms with Crippen LogP contribution in [0.25, 0.3) is 5.65 Å². The molecule has 0 fully saturated rings. The number of aromatic nitrogens is 3. The molecule has 0 N–H and O–H groups in total. The van der Waals surface area contributed by atoms with Gasteiger partial charge in [0.25, 0.3) is 0 Å². The van der Waals surface area contributed by atoms with Gasteiger partial charge in [-0.3, -0.25) is 4.40 Å². The molecule has 0 saturated heterocycles. The number of nitrogens with zero attached hydrogens (tertiary/aromatic N) is 3. The summed E-state index contributed by atoms with van der Waals surface area (Å²) in [5.41, 5.74) is 0.906. The molecule has 0 aliphatic carbocycles. The van der Waals surface area contributed by atoms with Gasteiger partial charge in [0, 0.05) is 17.8 Å². The van der Waals surface area contributed by atoms with E-state index >= 15 is 0 Å². The highest BCUT2D eigenvalue weighted by Gasteiger charge is 2.06. The number of thioether (sulfide) groups is 1. The van der Waals surface area contributed by atoms with E-state index in [1.807, 2.05) is 28.8 Å². The van der Waals surface area contributed by atoms with E-state index in [-0.39, 0.29) is 0 Å². The number of hydrogen-bond acceptors (Lipinski definition) is 3. The lowest BCUT2D eigenvalue weighted by molar-refractivity contribution is 0.551. The minimum atomic E-state index is 0.680. The topological polar surface area (TPSA) is 30.2 Å². The molecular formula is C12H16ClN3S. The van der Waals surface area contributed by atoms with E-state index in [1.54, 1.807) is 11.8 Å². The highest BCUT2D eigenvalue weighted by atomic mass is 35.5. The van der Waals surface area contributed by atoms with Crippen LogP contribution in [0.1, 0.15) is 19.8 Å². The van der Waals surface area contributed by atoms with Gasteiger partial charge in [-0.2, -0.15) is 0 Å². The lowest BCUT2D eigenvalue weighted by Gasteiger charge is -2.07. The summed E-state index contributed by atoms with van der Waals surface area (Å²) in [7, 11) is 0. The van der Waals surface area contributed by atoms with Crippen molar-refractivity contribution in [3.63, 3.8) is 0 Å². The molecule has 0 bridgehead atoms. The molecule has 17 heavy (non-hydrogen) atoms. The maximum Gasteiger partial charge on any atom is 0.195 e. The van der Waals surface area contributed by atoms with Crippen LogP contribution in [0.2, 0.25) is 0 Å². The van der Waals surface area contributed by atoms with Crippen molar-refractivity contribution in [3.8, 4) is 0 Å². The van der Waals surface area contributed by atoms with E-state index in [0.717, 1.165) is 28.9 Å². The molecule has 1 atom stereocenters. The Labute approximate surface area is 111 Å². The van der Waals surface area contributed by atoms with Gasteiger partial charge >= 0.3 is 0 Å². The molecule has 5 heteroatoms. The zero-order chi connectivity index (χ0) is 12.1. The van der Waals surface area contributed by atoms with Gasteiger partial charge in [-0.1, -0.05) is 24.8 Å². The molecule has 0 aliphatic heterocycles. The van der Waals surface area contributed by atoms with Crippen molar-refractivity contribution in [2.45, 2.75) is 24.9 Å². The lowest BCUT2D eigenvalue weighted by atomic mass is 10.1. The van der Waals surface area contributed by atoms with Crippen molar-refractivity contribution in [2.75, 3.05) is 11.6 Å². The van der Waals surface area contributed by atoms with Gasteiger partial charge in [0.15, 0.2) is 10.8 Å². The molecule has 0 radical (unpaired) electrons. The summed E-state index contributed by atoms with van der Waals surface area (Å²) in [6.07, 6.45) is 4.25. The lowest BCUT2D eigenvalue weighted by Crippen LogP contribution is -1.98. The van der Waals surface area contributed by atoms with Crippen molar-refractivity contribution < 1.29 is 0 Å². The molecule has 1 unspecified atom stereocenters.